The zero-order valence-electron chi connectivity index (χ0n) is 40.2. The molecule has 0 radical (unpaired) electrons. The molecule has 0 spiro atoms. The molecule has 5 nitrogen and oxygen atoms in total. The SMILES string of the molecule is CC/C=C\C/C=C\C/C=C\C/C=C\CCCCCCCCCCCCCCCCCCCCC(=O)OC(CO)COC(=O)CCCCCCC/C=C\C/C=C\CCCCCC. The third-order valence-corrected chi connectivity index (χ3v) is 11.2. The fraction of sp³-hybridized carbons (Fsp3) is 0.750. The zero-order valence-corrected chi connectivity index (χ0v) is 40.2. The number of allylic oxidation sites excluding steroid dienone is 12. The summed E-state index contributed by atoms with van der Waals surface area (Å²) >= 11 is 0. The van der Waals surface area contributed by atoms with E-state index >= 15 is 0 Å². The average molecular weight is 851 g/mol. The van der Waals surface area contributed by atoms with Crippen molar-refractivity contribution < 1.29 is 24.2 Å². The van der Waals surface area contributed by atoms with Crippen LogP contribution in [0.1, 0.15) is 251 Å². The van der Waals surface area contributed by atoms with E-state index in [2.05, 4.69) is 86.8 Å². The fourth-order valence-corrected chi connectivity index (χ4v) is 7.34. The van der Waals surface area contributed by atoms with Crippen molar-refractivity contribution in [2.45, 2.75) is 258 Å². The van der Waals surface area contributed by atoms with E-state index in [1.165, 1.54) is 148 Å². The standard InChI is InChI=1S/C56H98O5/c1-3-5-7-9-11-13-15-17-19-21-22-23-24-25-26-27-28-29-30-31-32-33-34-35-37-39-41-43-45-47-49-51-56(59)61-54(52-57)53-60-55(58)50-48-46-44-42-40-38-36-20-18-16-14-12-10-8-6-4-2/h5,7,11,13-14,16-17,19-20,22-23,36,54,57H,3-4,6,8-10,12,15,18,21,24-35,37-53H2,1-2H3/b7-5-,13-11-,16-14-,19-17-,23-22-,36-20-. The number of hydrogen-bond donors (Lipinski definition) is 1. The quantitative estimate of drug-likeness (QED) is 0.0375. The van der Waals surface area contributed by atoms with Gasteiger partial charge >= 0.3 is 11.9 Å². The van der Waals surface area contributed by atoms with E-state index in [4.69, 9.17) is 9.47 Å². The van der Waals surface area contributed by atoms with E-state index in [-0.39, 0.29) is 25.2 Å². The second-order valence-electron chi connectivity index (χ2n) is 17.2. The first-order valence-corrected chi connectivity index (χ1v) is 26.0. The molecule has 0 saturated carbocycles. The Morgan fingerprint density at radius 1 is 0.393 bits per heavy atom. The van der Waals surface area contributed by atoms with Gasteiger partial charge in [-0.25, -0.2) is 0 Å². The molecule has 0 aliphatic heterocycles. The molecular formula is C56H98O5. The predicted molar refractivity (Wildman–Crippen MR) is 265 cm³/mol. The van der Waals surface area contributed by atoms with Crippen molar-refractivity contribution in [3.05, 3.63) is 72.9 Å². The smallest absolute Gasteiger partial charge is 0.306 e. The van der Waals surface area contributed by atoms with Gasteiger partial charge in [0.15, 0.2) is 6.10 Å². The van der Waals surface area contributed by atoms with Gasteiger partial charge in [-0.15, -0.1) is 0 Å². The summed E-state index contributed by atoms with van der Waals surface area (Å²) in [5.41, 5.74) is 0. The van der Waals surface area contributed by atoms with Gasteiger partial charge in [0, 0.05) is 12.8 Å². The molecule has 1 unspecified atom stereocenters. The highest BCUT2D eigenvalue weighted by atomic mass is 16.6. The van der Waals surface area contributed by atoms with E-state index in [0.29, 0.717) is 12.8 Å². The number of rotatable bonds is 47. The number of esters is 2. The maximum Gasteiger partial charge on any atom is 0.306 e. The van der Waals surface area contributed by atoms with Crippen LogP contribution < -0.4 is 0 Å². The lowest BCUT2D eigenvalue weighted by atomic mass is 10.0. The molecular weight excluding hydrogens is 753 g/mol. The van der Waals surface area contributed by atoms with Crippen molar-refractivity contribution in [2.75, 3.05) is 13.2 Å². The van der Waals surface area contributed by atoms with Gasteiger partial charge in [0.05, 0.1) is 6.61 Å². The molecule has 0 fully saturated rings. The summed E-state index contributed by atoms with van der Waals surface area (Å²) in [6, 6.07) is 0. The number of aliphatic hydroxyl groups is 1. The van der Waals surface area contributed by atoms with E-state index in [0.717, 1.165) is 77.0 Å². The van der Waals surface area contributed by atoms with Crippen LogP contribution in [0.5, 0.6) is 0 Å². The van der Waals surface area contributed by atoms with Crippen LogP contribution in [0.15, 0.2) is 72.9 Å². The molecule has 0 aliphatic rings. The Labute approximate surface area is 378 Å². The minimum Gasteiger partial charge on any atom is -0.462 e. The first-order chi connectivity index (χ1) is 30.1. The molecule has 0 aliphatic carbocycles. The molecule has 0 bridgehead atoms. The maximum atomic E-state index is 12.3. The van der Waals surface area contributed by atoms with Gasteiger partial charge in [-0.05, 0) is 83.5 Å². The molecule has 0 saturated heterocycles. The molecule has 0 aromatic heterocycles. The highest BCUT2D eigenvalue weighted by Gasteiger charge is 2.16. The zero-order chi connectivity index (χ0) is 44.2. The Morgan fingerprint density at radius 3 is 1.07 bits per heavy atom. The van der Waals surface area contributed by atoms with E-state index in [9.17, 15) is 14.7 Å². The third-order valence-electron chi connectivity index (χ3n) is 11.2. The second-order valence-corrected chi connectivity index (χ2v) is 17.2. The van der Waals surface area contributed by atoms with Crippen molar-refractivity contribution >= 4 is 11.9 Å². The predicted octanol–water partition coefficient (Wildman–Crippen LogP) is 17.2. The van der Waals surface area contributed by atoms with Crippen molar-refractivity contribution in [3.8, 4) is 0 Å². The Kier molecular flexibility index (Phi) is 49.4. The molecule has 5 heteroatoms. The van der Waals surface area contributed by atoms with Crippen LogP contribution in [0.3, 0.4) is 0 Å². The Balaban J connectivity index is 3.47. The van der Waals surface area contributed by atoms with Crippen LogP contribution in [0.25, 0.3) is 0 Å². The van der Waals surface area contributed by atoms with Gasteiger partial charge in [0.2, 0.25) is 0 Å². The van der Waals surface area contributed by atoms with Gasteiger partial charge in [0.1, 0.15) is 6.61 Å². The van der Waals surface area contributed by atoms with E-state index < -0.39 is 6.10 Å². The van der Waals surface area contributed by atoms with Gasteiger partial charge < -0.3 is 14.6 Å². The molecule has 0 rings (SSSR count). The maximum absolute atomic E-state index is 12.3. The average Bonchev–Trinajstić information content (AvgIpc) is 3.26. The molecule has 0 heterocycles. The van der Waals surface area contributed by atoms with Gasteiger partial charge in [-0.3, -0.25) is 9.59 Å². The Hall–Kier alpha value is -2.66. The summed E-state index contributed by atoms with van der Waals surface area (Å²) < 4.78 is 10.7. The topological polar surface area (TPSA) is 72.8 Å². The molecule has 61 heavy (non-hydrogen) atoms. The summed E-state index contributed by atoms with van der Waals surface area (Å²) in [5, 5.41) is 9.62. The fourth-order valence-electron chi connectivity index (χ4n) is 7.34. The summed E-state index contributed by atoms with van der Waals surface area (Å²) in [5.74, 6) is -0.601. The van der Waals surface area contributed by atoms with Crippen LogP contribution >= 0.6 is 0 Å². The van der Waals surface area contributed by atoms with Crippen molar-refractivity contribution in [1.82, 2.24) is 0 Å². The molecule has 1 N–H and O–H groups in total. The van der Waals surface area contributed by atoms with Crippen molar-refractivity contribution in [2.24, 2.45) is 0 Å². The molecule has 0 amide bonds. The van der Waals surface area contributed by atoms with E-state index in [1.54, 1.807) is 0 Å². The largest absolute Gasteiger partial charge is 0.462 e. The van der Waals surface area contributed by atoms with Gasteiger partial charge in [-0.1, -0.05) is 228 Å². The summed E-state index contributed by atoms with van der Waals surface area (Å²) in [6.45, 7) is 4.01. The number of ether oxygens (including phenoxy) is 2. The molecule has 1 atom stereocenters. The molecule has 352 valence electrons. The lowest BCUT2D eigenvalue weighted by molar-refractivity contribution is -0.161. The Morgan fingerprint density at radius 2 is 0.705 bits per heavy atom. The van der Waals surface area contributed by atoms with Crippen LogP contribution in [-0.4, -0.2) is 36.4 Å². The summed E-state index contributed by atoms with van der Waals surface area (Å²) in [7, 11) is 0. The van der Waals surface area contributed by atoms with Gasteiger partial charge in [0.25, 0.3) is 0 Å². The monoisotopic (exact) mass is 851 g/mol. The minimum absolute atomic E-state index is 0.0730. The highest BCUT2D eigenvalue weighted by molar-refractivity contribution is 5.70. The second kappa shape index (κ2) is 51.7. The minimum atomic E-state index is -0.779. The van der Waals surface area contributed by atoms with E-state index in [1.807, 2.05) is 0 Å². The lowest BCUT2D eigenvalue weighted by Gasteiger charge is -2.15. The summed E-state index contributed by atoms with van der Waals surface area (Å²) in [6.07, 6.45) is 70.0. The Bertz CT molecular complexity index is 1100. The van der Waals surface area contributed by atoms with Crippen LogP contribution in [0.2, 0.25) is 0 Å². The summed E-state index contributed by atoms with van der Waals surface area (Å²) in [4.78, 5) is 24.4. The van der Waals surface area contributed by atoms with Gasteiger partial charge in [-0.2, -0.15) is 0 Å². The number of aliphatic hydroxyl groups excluding tert-OH is 1. The number of carbonyl (C=O) groups excluding carboxylic acids is 2. The molecule has 0 aromatic rings. The number of unbranched alkanes of at least 4 members (excludes halogenated alkanes) is 27. The normalized spacial score (nSPS) is 12.8. The number of hydrogen-bond acceptors (Lipinski definition) is 5. The van der Waals surface area contributed by atoms with Crippen LogP contribution in [-0.2, 0) is 19.1 Å². The van der Waals surface area contributed by atoms with Crippen molar-refractivity contribution in [1.29, 1.82) is 0 Å². The lowest BCUT2D eigenvalue weighted by Crippen LogP contribution is -2.28. The third kappa shape index (κ3) is 49.9. The van der Waals surface area contributed by atoms with Crippen LogP contribution in [0, 0.1) is 0 Å². The van der Waals surface area contributed by atoms with Crippen molar-refractivity contribution in [3.63, 3.8) is 0 Å². The number of carbonyl (C=O) groups is 2. The molecule has 0 aromatic carbocycles. The first kappa shape index (κ1) is 58.3. The highest BCUT2D eigenvalue weighted by Crippen LogP contribution is 2.16. The first-order valence-electron chi connectivity index (χ1n) is 26.0. The van der Waals surface area contributed by atoms with Crippen LogP contribution in [0.4, 0.5) is 0 Å².